The summed E-state index contributed by atoms with van der Waals surface area (Å²) >= 11 is 13.5. The molecule has 2 aromatic rings. The fourth-order valence-corrected chi connectivity index (χ4v) is 2.77. The van der Waals surface area contributed by atoms with Gasteiger partial charge < -0.3 is 5.73 Å². The van der Waals surface area contributed by atoms with E-state index in [1.54, 1.807) is 23.6 Å². The predicted octanol–water partition coefficient (Wildman–Crippen LogP) is 3.81. The molecule has 0 amide bonds. The average Bonchev–Trinajstić information content (AvgIpc) is 2.63. The average molecular weight is 273 g/mol. The van der Waals surface area contributed by atoms with Gasteiger partial charge in [-0.3, -0.25) is 4.98 Å². The van der Waals surface area contributed by atoms with E-state index in [9.17, 15) is 0 Å². The van der Waals surface area contributed by atoms with Crippen molar-refractivity contribution >= 4 is 34.5 Å². The van der Waals surface area contributed by atoms with Crippen LogP contribution in [0.1, 0.15) is 22.2 Å². The minimum atomic E-state index is -0.295. The van der Waals surface area contributed by atoms with Gasteiger partial charge in [0.1, 0.15) is 0 Å². The summed E-state index contributed by atoms with van der Waals surface area (Å²) in [4.78, 5) is 5.37. The van der Waals surface area contributed by atoms with E-state index in [0.29, 0.717) is 15.7 Å². The van der Waals surface area contributed by atoms with Crippen molar-refractivity contribution < 1.29 is 0 Å². The van der Waals surface area contributed by atoms with Crippen LogP contribution in [0.4, 0.5) is 0 Å². The van der Waals surface area contributed by atoms with Crippen molar-refractivity contribution in [1.82, 2.24) is 4.98 Å². The van der Waals surface area contributed by atoms with E-state index in [1.807, 2.05) is 18.4 Å². The number of hydrogen-bond acceptors (Lipinski definition) is 3. The quantitative estimate of drug-likeness (QED) is 0.903. The van der Waals surface area contributed by atoms with E-state index in [-0.39, 0.29) is 6.04 Å². The van der Waals surface area contributed by atoms with Gasteiger partial charge >= 0.3 is 0 Å². The molecular formula is C11H10Cl2N2S. The van der Waals surface area contributed by atoms with Crippen LogP contribution in [0, 0.1) is 6.92 Å². The zero-order valence-electron chi connectivity index (χ0n) is 8.58. The first-order valence-corrected chi connectivity index (χ1v) is 6.33. The van der Waals surface area contributed by atoms with Gasteiger partial charge in [0.15, 0.2) is 0 Å². The number of aromatic nitrogens is 1. The summed E-state index contributed by atoms with van der Waals surface area (Å²) in [6.07, 6.45) is 1.56. The third kappa shape index (κ3) is 2.23. The maximum Gasteiger partial charge on any atom is 0.0803 e. The van der Waals surface area contributed by atoms with Gasteiger partial charge in [0.25, 0.3) is 0 Å². The number of pyridine rings is 1. The number of nitrogens with zero attached hydrogens (tertiary/aromatic N) is 1. The van der Waals surface area contributed by atoms with Crippen molar-refractivity contribution in [2.45, 2.75) is 13.0 Å². The molecule has 0 aromatic carbocycles. The van der Waals surface area contributed by atoms with Gasteiger partial charge in [-0.15, -0.1) is 11.3 Å². The summed E-state index contributed by atoms with van der Waals surface area (Å²) in [6, 6.07) is 3.36. The van der Waals surface area contributed by atoms with E-state index >= 15 is 0 Å². The fourth-order valence-electron chi connectivity index (χ4n) is 1.52. The van der Waals surface area contributed by atoms with Crippen LogP contribution in [0.2, 0.25) is 10.0 Å². The SMILES string of the molecule is Cc1sccc1C(N)c1ncc(Cl)cc1Cl. The Morgan fingerprint density at radius 1 is 1.44 bits per heavy atom. The first kappa shape index (κ1) is 11.9. The standard InChI is InChI=1S/C11H10Cl2N2S/c1-6-8(2-3-16-6)10(14)11-9(13)4-7(12)5-15-11/h2-5,10H,14H2,1H3. The molecule has 1 unspecified atom stereocenters. The molecule has 1 atom stereocenters. The van der Waals surface area contributed by atoms with Gasteiger partial charge in [0.2, 0.25) is 0 Å². The van der Waals surface area contributed by atoms with Crippen molar-refractivity contribution in [1.29, 1.82) is 0 Å². The Kier molecular flexibility index (Phi) is 3.50. The van der Waals surface area contributed by atoms with Gasteiger partial charge in [0.05, 0.1) is 21.8 Å². The Morgan fingerprint density at radius 3 is 2.75 bits per heavy atom. The summed E-state index contributed by atoms with van der Waals surface area (Å²) in [5, 5.41) is 3.03. The second-order valence-corrected chi connectivity index (χ2v) is 5.39. The lowest BCUT2D eigenvalue weighted by atomic mass is 10.1. The first-order valence-electron chi connectivity index (χ1n) is 4.70. The Morgan fingerprint density at radius 2 is 2.19 bits per heavy atom. The Hall–Kier alpha value is -0.610. The molecule has 0 saturated heterocycles. The molecule has 2 nitrogen and oxygen atoms in total. The molecule has 0 saturated carbocycles. The van der Waals surface area contributed by atoms with Crippen LogP contribution in [0.3, 0.4) is 0 Å². The van der Waals surface area contributed by atoms with E-state index in [4.69, 9.17) is 28.9 Å². The summed E-state index contributed by atoms with van der Waals surface area (Å²) in [5.74, 6) is 0. The minimum Gasteiger partial charge on any atom is -0.319 e. The molecule has 0 aliphatic rings. The maximum atomic E-state index is 6.13. The van der Waals surface area contributed by atoms with Crippen molar-refractivity contribution in [3.63, 3.8) is 0 Å². The molecule has 2 rings (SSSR count). The molecule has 0 aliphatic heterocycles. The highest BCUT2D eigenvalue weighted by Gasteiger charge is 2.16. The van der Waals surface area contributed by atoms with Gasteiger partial charge in [-0.2, -0.15) is 0 Å². The Balaban J connectivity index is 2.41. The first-order chi connectivity index (χ1) is 7.59. The molecule has 0 radical (unpaired) electrons. The molecule has 16 heavy (non-hydrogen) atoms. The third-order valence-electron chi connectivity index (χ3n) is 2.36. The summed E-state index contributed by atoms with van der Waals surface area (Å²) in [7, 11) is 0. The van der Waals surface area contributed by atoms with Gasteiger partial charge in [-0.25, -0.2) is 0 Å². The minimum absolute atomic E-state index is 0.295. The van der Waals surface area contributed by atoms with Crippen LogP contribution in [0.15, 0.2) is 23.7 Å². The zero-order chi connectivity index (χ0) is 11.7. The molecule has 0 aliphatic carbocycles. The largest absolute Gasteiger partial charge is 0.319 e. The lowest BCUT2D eigenvalue weighted by molar-refractivity contribution is 0.827. The Bertz CT molecular complexity index is 510. The number of rotatable bonds is 2. The highest BCUT2D eigenvalue weighted by atomic mass is 35.5. The highest BCUT2D eigenvalue weighted by Crippen LogP contribution is 2.30. The van der Waals surface area contributed by atoms with Gasteiger partial charge in [0, 0.05) is 11.1 Å². The predicted molar refractivity (Wildman–Crippen MR) is 69.3 cm³/mol. The molecule has 0 spiro atoms. The van der Waals surface area contributed by atoms with E-state index < -0.39 is 0 Å². The van der Waals surface area contributed by atoms with E-state index in [1.165, 1.54) is 4.88 Å². The van der Waals surface area contributed by atoms with E-state index in [0.717, 1.165) is 5.56 Å². The van der Waals surface area contributed by atoms with Crippen LogP contribution in [-0.2, 0) is 0 Å². The van der Waals surface area contributed by atoms with Crippen molar-refractivity contribution in [3.8, 4) is 0 Å². The lowest BCUT2D eigenvalue weighted by Crippen LogP contribution is -2.14. The molecule has 2 N–H and O–H groups in total. The van der Waals surface area contributed by atoms with Crippen LogP contribution >= 0.6 is 34.5 Å². The van der Waals surface area contributed by atoms with E-state index in [2.05, 4.69) is 4.98 Å². The van der Waals surface area contributed by atoms with Crippen LogP contribution < -0.4 is 5.73 Å². The van der Waals surface area contributed by atoms with Crippen LogP contribution in [0.5, 0.6) is 0 Å². The third-order valence-corrected chi connectivity index (χ3v) is 3.74. The van der Waals surface area contributed by atoms with Gasteiger partial charge in [-0.1, -0.05) is 23.2 Å². The number of nitrogens with two attached hydrogens (primary N) is 1. The molecular weight excluding hydrogens is 263 g/mol. The van der Waals surface area contributed by atoms with Crippen molar-refractivity contribution in [3.05, 3.63) is 49.9 Å². The molecule has 2 aromatic heterocycles. The van der Waals surface area contributed by atoms with Crippen LogP contribution in [0.25, 0.3) is 0 Å². The van der Waals surface area contributed by atoms with Crippen LogP contribution in [-0.4, -0.2) is 4.98 Å². The smallest absolute Gasteiger partial charge is 0.0803 e. The molecule has 0 fully saturated rings. The number of thiophene rings is 1. The topological polar surface area (TPSA) is 38.9 Å². The molecule has 0 bridgehead atoms. The molecule has 2 heterocycles. The monoisotopic (exact) mass is 272 g/mol. The normalized spacial score (nSPS) is 12.8. The van der Waals surface area contributed by atoms with Crippen molar-refractivity contribution in [2.24, 2.45) is 5.73 Å². The maximum absolute atomic E-state index is 6.13. The molecule has 84 valence electrons. The second kappa shape index (κ2) is 4.72. The summed E-state index contributed by atoms with van der Waals surface area (Å²) in [5.41, 5.74) is 7.85. The van der Waals surface area contributed by atoms with Gasteiger partial charge in [-0.05, 0) is 30.0 Å². The zero-order valence-corrected chi connectivity index (χ0v) is 10.9. The number of hydrogen-bond donors (Lipinski definition) is 1. The highest BCUT2D eigenvalue weighted by molar-refractivity contribution is 7.10. The summed E-state index contributed by atoms with van der Waals surface area (Å²) < 4.78 is 0. The fraction of sp³-hybridized carbons (Fsp3) is 0.182. The second-order valence-electron chi connectivity index (χ2n) is 3.43. The molecule has 5 heteroatoms. The number of halogens is 2. The Labute approximate surface area is 108 Å². The number of aryl methyl sites for hydroxylation is 1. The van der Waals surface area contributed by atoms with Crippen molar-refractivity contribution in [2.75, 3.05) is 0 Å². The lowest BCUT2D eigenvalue weighted by Gasteiger charge is -2.12. The summed E-state index contributed by atoms with van der Waals surface area (Å²) in [6.45, 7) is 2.03.